The Morgan fingerprint density at radius 1 is 1.53 bits per heavy atom. The van der Waals surface area contributed by atoms with Crippen LogP contribution < -0.4 is 5.32 Å². The molecule has 0 saturated carbocycles. The lowest BCUT2D eigenvalue weighted by Gasteiger charge is -2.25. The fraction of sp³-hybridized carbons (Fsp3) is 0.769. The summed E-state index contributed by atoms with van der Waals surface area (Å²) in [5.74, 6) is 0.475. The topological polar surface area (TPSA) is 71.3 Å². The van der Waals surface area contributed by atoms with Crippen LogP contribution >= 0.6 is 0 Å². The van der Waals surface area contributed by atoms with E-state index in [1.165, 1.54) is 0 Å². The third-order valence-electron chi connectivity index (χ3n) is 3.05. The molecule has 2 rings (SSSR count). The number of aromatic nitrogens is 2. The van der Waals surface area contributed by atoms with Crippen LogP contribution in [-0.2, 0) is 0 Å². The maximum atomic E-state index is 12.2. The van der Waals surface area contributed by atoms with Crippen molar-refractivity contribution in [3.8, 4) is 0 Å². The molecule has 1 aromatic heterocycles. The molecule has 0 aromatic carbocycles. The molecule has 2 heterocycles. The fourth-order valence-electron chi connectivity index (χ4n) is 2.31. The van der Waals surface area contributed by atoms with Crippen molar-refractivity contribution < 1.29 is 9.32 Å². The van der Waals surface area contributed by atoms with Gasteiger partial charge in [0.25, 0.3) is 11.7 Å². The predicted octanol–water partition coefficient (Wildman–Crippen LogP) is 1.61. The number of rotatable bonds is 3. The van der Waals surface area contributed by atoms with Crippen LogP contribution in [0.25, 0.3) is 0 Å². The summed E-state index contributed by atoms with van der Waals surface area (Å²) >= 11 is 0. The van der Waals surface area contributed by atoms with Crippen molar-refractivity contribution in [2.45, 2.75) is 39.7 Å². The molecule has 0 spiro atoms. The minimum Gasteiger partial charge on any atom is -0.338 e. The normalized spacial score (nSPS) is 19.7. The minimum absolute atomic E-state index is 0.0456. The SMILES string of the molecule is CN(CC(C)(C)C)C(=O)c1noc(C2CCCN2)n1. The molecule has 1 atom stereocenters. The summed E-state index contributed by atoms with van der Waals surface area (Å²) in [5.41, 5.74) is 0.0456. The molecule has 1 amide bonds. The van der Waals surface area contributed by atoms with Crippen molar-refractivity contribution in [2.24, 2.45) is 5.41 Å². The summed E-state index contributed by atoms with van der Waals surface area (Å²) < 4.78 is 5.18. The zero-order chi connectivity index (χ0) is 14.0. The lowest BCUT2D eigenvalue weighted by atomic mass is 9.96. The zero-order valence-corrected chi connectivity index (χ0v) is 12.1. The number of amides is 1. The van der Waals surface area contributed by atoms with Crippen LogP contribution in [0.5, 0.6) is 0 Å². The van der Waals surface area contributed by atoms with Gasteiger partial charge in [-0.15, -0.1) is 0 Å². The molecular weight excluding hydrogens is 244 g/mol. The Kier molecular flexibility index (Phi) is 3.89. The van der Waals surface area contributed by atoms with Gasteiger partial charge in [0.1, 0.15) is 0 Å². The molecular formula is C13H22N4O2. The van der Waals surface area contributed by atoms with Crippen molar-refractivity contribution in [1.82, 2.24) is 20.4 Å². The van der Waals surface area contributed by atoms with Gasteiger partial charge in [-0.25, -0.2) is 0 Å². The second-order valence-corrected chi connectivity index (χ2v) is 6.33. The summed E-state index contributed by atoms with van der Waals surface area (Å²) in [7, 11) is 1.76. The van der Waals surface area contributed by atoms with Gasteiger partial charge in [-0.2, -0.15) is 4.98 Å². The first-order valence-electron chi connectivity index (χ1n) is 6.69. The average Bonchev–Trinajstić information content (AvgIpc) is 2.96. The quantitative estimate of drug-likeness (QED) is 0.900. The largest absolute Gasteiger partial charge is 0.338 e. The van der Waals surface area contributed by atoms with E-state index in [1.54, 1.807) is 11.9 Å². The Morgan fingerprint density at radius 3 is 2.84 bits per heavy atom. The molecule has 0 bridgehead atoms. The lowest BCUT2D eigenvalue weighted by molar-refractivity contribution is 0.0730. The number of nitrogens with one attached hydrogen (secondary N) is 1. The van der Waals surface area contributed by atoms with E-state index in [-0.39, 0.29) is 23.2 Å². The van der Waals surface area contributed by atoms with Crippen molar-refractivity contribution in [3.63, 3.8) is 0 Å². The smallest absolute Gasteiger partial charge is 0.295 e. The van der Waals surface area contributed by atoms with Gasteiger partial charge in [0, 0.05) is 13.6 Å². The van der Waals surface area contributed by atoms with Crippen LogP contribution in [0.4, 0.5) is 0 Å². The molecule has 19 heavy (non-hydrogen) atoms. The third-order valence-corrected chi connectivity index (χ3v) is 3.05. The van der Waals surface area contributed by atoms with Crippen LogP contribution in [0.1, 0.15) is 56.2 Å². The van der Waals surface area contributed by atoms with E-state index >= 15 is 0 Å². The number of hydrogen-bond donors (Lipinski definition) is 1. The summed E-state index contributed by atoms with van der Waals surface area (Å²) in [6.45, 7) is 7.86. The zero-order valence-electron chi connectivity index (χ0n) is 12.1. The van der Waals surface area contributed by atoms with E-state index in [9.17, 15) is 4.79 Å². The first-order valence-corrected chi connectivity index (χ1v) is 6.69. The van der Waals surface area contributed by atoms with E-state index in [2.05, 4.69) is 36.2 Å². The number of carbonyl (C=O) groups excluding carboxylic acids is 1. The number of carbonyl (C=O) groups is 1. The van der Waals surface area contributed by atoms with Crippen LogP contribution in [0.2, 0.25) is 0 Å². The van der Waals surface area contributed by atoms with Gasteiger partial charge in [0.05, 0.1) is 6.04 Å². The summed E-state index contributed by atoms with van der Waals surface area (Å²) in [5, 5.41) is 7.07. The van der Waals surface area contributed by atoms with E-state index < -0.39 is 0 Å². The van der Waals surface area contributed by atoms with Crippen molar-refractivity contribution in [2.75, 3.05) is 20.1 Å². The molecule has 1 unspecified atom stereocenters. The van der Waals surface area contributed by atoms with Gasteiger partial charge in [0.15, 0.2) is 0 Å². The average molecular weight is 266 g/mol. The predicted molar refractivity (Wildman–Crippen MR) is 70.7 cm³/mol. The third kappa shape index (κ3) is 3.53. The van der Waals surface area contributed by atoms with Gasteiger partial charge in [-0.05, 0) is 24.8 Å². The molecule has 1 aliphatic rings. The Morgan fingerprint density at radius 2 is 2.26 bits per heavy atom. The number of hydrogen-bond acceptors (Lipinski definition) is 5. The Balaban J connectivity index is 2.03. The molecule has 0 radical (unpaired) electrons. The summed E-state index contributed by atoms with van der Waals surface area (Å²) in [6, 6.07) is 0.0990. The van der Waals surface area contributed by atoms with E-state index in [4.69, 9.17) is 4.52 Å². The fourth-order valence-corrected chi connectivity index (χ4v) is 2.31. The van der Waals surface area contributed by atoms with Crippen molar-refractivity contribution >= 4 is 5.91 Å². The van der Waals surface area contributed by atoms with Gasteiger partial charge in [-0.3, -0.25) is 4.79 Å². The second kappa shape index (κ2) is 5.28. The van der Waals surface area contributed by atoms with Gasteiger partial charge in [-0.1, -0.05) is 25.9 Å². The Bertz CT molecular complexity index is 444. The first-order chi connectivity index (χ1) is 8.87. The molecule has 6 nitrogen and oxygen atoms in total. The second-order valence-electron chi connectivity index (χ2n) is 6.33. The van der Waals surface area contributed by atoms with Crippen molar-refractivity contribution in [3.05, 3.63) is 11.7 Å². The number of nitrogens with zero attached hydrogens (tertiary/aromatic N) is 3. The molecule has 0 aliphatic carbocycles. The molecule has 1 N–H and O–H groups in total. The summed E-state index contributed by atoms with van der Waals surface area (Å²) in [6.07, 6.45) is 2.08. The molecule has 1 fully saturated rings. The summed E-state index contributed by atoms with van der Waals surface area (Å²) in [4.78, 5) is 18.0. The minimum atomic E-state index is -0.192. The Labute approximate surface area is 113 Å². The van der Waals surface area contributed by atoms with E-state index in [0.717, 1.165) is 19.4 Å². The monoisotopic (exact) mass is 266 g/mol. The van der Waals surface area contributed by atoms with Crippen LogP contribution in [0, 0.1) is 5.41 Å². The molecule has 1 aromatic rings. The molecule has 1 aliphatic heterocycles. The molecule has 6 heteroatoms. The van der Waals surface area contributed by atoms with Gasteiger partial charge < -0.3 is 14.7 Å². The standard InChI is InChI=1S/C13H22N4O2/c1-13(2,3)8-17(4)12(18)10-15-11(19-16-10)9-6-5-7-14-9/h9,14H,5-8H2,1-4H3. The highest BCUT2D eigenvalue weighted by Gasteiger charge is 2.26. The van der Waals surface area contributed by atoms with E-state index in [0.29, 0.717) is 12.4 Å². The maximum Gasteiger partial charge on any atom is 0.295 e. The lowest BCUT2D eigenvalue weighted by Crippen LogP contribution is -2.35. The van der Waals surface area contributed by atoms with Crippen molar-refractivity contribution in [1.29, 1.82) is 0 Å². The van der Waals surface area contributed by atoms with Crippen LogP contribution in [0.3, 0.4) is 0 Å². The van der Waals surface area contributed by atoms with Crippen LogP contribution in [-0.4, -0.2) is 41.1 Å². The van der Waals surface area contributed by atoms with E-state index in [1.807, 2.05) is 0 Å². The van der Waals surface area contributed by atoms with Gasteiger partial charge >= 0.3 is 0 Å². The molecule has 1 saturated heterocycles. The molecule has 106 valence electrons. The highest BCUT2D eigenvalue weighted by atomic mass is 16.5. The highest BCUT2D eigenvalue weighted by Crippen LogP contribution is 2.21. The van der Waals surface area contributed by atoms with Gasteiger partial charge in [0.2, 0.25) is 5.89 Å². The Hall–Kier alpha value is -1.43. The highest BCUT2D eigenvalue weighted by molar-refractivity contribution is 5.90. The maximum absolute atomic E-state index is 12.2. The van der Waals surface area contributed by atoms with Crippen LogP contribution in [0.15, 0.2) is 4.52 Å². The first kappa shape index (κ1) is 14.0.